The average Bonchev–Trinajstić information content (AvgIpc) is 2.72. The van der Waals surface area contributed by atoms with Crippen LogP contribution in [0.15, 0.2) is 24.3 Å². The molecule has 0 saturated heterocycles. The lowest BCUT2D eigenvalue weighted by Gasteiger charge is -2.13. The fourth-order valence-corrected chi connectivity index (χ4v) is 3.11. The molecule has 28 heavy (non-hydrogen) atoms. The van der Waals surface area contributed by atoms with Gasteiger partial charge in [0.1, 0.15) is 0 Å². The SMILES string of the molecule is CCCCCCCCC(C)c1ccc(COCCOCCOCCOC)cc1. The zero-order chi connectivity index (χ0) is 20.3. The molecule has 4 heteroatoms. The van der Waals surface area contributed by atoms with E-state index in [4.69, 9.17) is 18.9 Å². The highest BCUT2D eigenvalue weighted by atomic mass is 16.6. The van der Waals surface area contributed by atoms with Crippen LogP contribution in [0.5, 0.6) is 0 Å². The van der Waals surface area contributed by atoms with Crippen molar-refractivity contribution in [3.63, 3.8) is 0 Å². The van der Waals surface area contributed by atoms with E-state index in [9.17, 15) is 0 Å². The summed E-state index contributed by atoms with van der Waals surface area (Å²) in [5, 5.41) is 0. The molecule has 0 aliphatic carbocycles. The lowest BCUT2D eigenvalue weighted by Crippen LogP contribution is -2.11. The largest absolute Gasteiger partial charge is 0.382 e. The number of hydrogen-bond acceptors (Lipinski definition) is 4. The minimum absolute atomic E-state index is 0.595. The van der Waals surface area contributed by atoms with Crippen LogP contribution in [-0.4, -0.2) is 46.8 Å². The van der Waals surface area contributed by atoms with Crippen LogP contribution in [0.2, 0.25) is 0 Å². The molecule has 162 valence electrons. The number of methoxy groups -OCH3 is 1. The highest BCUT2D eigenvalue weighted by molar-refractivity contribution is 5.24. The Morgan fingerprint density at radius 1 is 0.714 bits per heavy atom. The van der Waals surface area contributed by atoms with Crippen molar-refractivity contribution < 1.29 is 18.9 Å². The van der Waals surface area contributed by atoms with Gasteiger partial charge in [0.2, 0.25) is 0 Å². The van der Waals surface area contributed by atoms with Crippen molar-refractivity contribution in [1.82, 2.24) is 0 Å². The van der Waals surface area contributed by atoms with E-state index < -0.39 is 0 Å². The van der Waals surface area contributed by atoms with Crippen molar-refractivity contribution in [3.8, 4) is 0 Å². The van der Waals surface area contributed by atoms with Crippen LogP contribution in [0, 0.1) is 0 Å². The van der Waals surface area contributed by atoms with Crippen LogP contribution in [0.3, 0.4) is 0 Å². The molecule has 0 heterocycles. The van der Waals surface area contributed by atoms with Gasteiger partial charge in [0.05, 0.1) is 46.2 Å². The van der Waals surface area contributed by atoms with Gasteiger partial charge in [-0.15, -0.1) is 0 Å². The summed E-state index contributed by atoms with van der Waals surface area (Å²) in [6, 6.07) is 8.90. The lowest BCUT2D eigenvalue weighted by atomic mass is 9.94. The van der Waals surface area contributed by atoms with E-state index in [0.29, 0.717) is 52.2 Å². The van der Waals surface area contributed by atoms with Gasteiger partial charge in [0.25, 0.3) is 0 Å². The minimum atomic E-state index is 0.595. The van der Waals surface area contributed by atoms with Gasteiger partial charge < -0.3 is 18.9 Å². The second-order valence-corrected chi connectivity index (χ2v) is 7.47. The third kappa shape index (κ3) is 13.3. The number of hydrogen-bond donors (Lipinski definition) is 0. The second-order valence-electron chi connectivity index (χ2n) is 7.47. The van der Waals surface area contributed by atoms with Crippen molar-refractivity contribution in [2.45, 2.75) is 71.3 Å². The first kappa shape index (κ1) is 25.1. The Labute approximate surface area is 172 Å². The predicted octanol–water partition coefficient (Wildman–Crippen LogP) is 5.74. The van der Waals surface area contributed by atoms with Crippen molar-refractivity contribution in [3.05, 3.63) is 35.4 Å². The Balaban J connectivity index is 2.04. The van der Waals surface area contributed by atoms with Crippen LogP contribution >= 0.6 is 0 Å². The lowest BCUT2D eigenvalue weighted by molar-refractivity contribution is 0.000867. The van der Waals surface area contributed by atoms with Crippen molar-refractivity contribution >= 4 is 0 Å². The highest BCUT2D eigenvalue weighted by Gasteiger charge is 2.05. The summed E-state index contributed by atoms with van der Waals surface area (Å²) in [6.07, 6.45) is 9.49. The monoisotopic (exact) mass is 394 g/mol. The Morgan fingerprint density at radius 2 is 1.29 bits per heavy atom. The molecular weight excluding hydrogens is 352 g/mol. The molecule has 0 fully saturated rings. The molecule has 0 aromatic heterocycles. The number of rotatable bonds is 19. The molecule has 1 aromatic carbocycles. The first-order valence-corrected chi connectivity index (χ1v) is 11.1. The van der Waals surface area contributed by atoms with Gasteiger partial charge in [-0.3, -0.25) is 0 Å². The van der Waals surface area contributed by atoms with Crippen molar-refractivity contribution in [1.29, 1.82) is 0 Å². The van der Waals surface area contributed by atoms with Gasteiger partial charge in [-0.2, -0.15) is 0 Å². The smallest absolute Gasteiger partial charge is 0.0718 e. The van der Waals surface area contributed by atoms with Crippen molar-refractivity contribution in [2.24, 2.45) is 0 Å². The van der Waals surface area contributed by atoms with Gasteiger partial charge in [0, 0.05) is 7.11 Å². The van der Waals surface area contributed by atoms with Gasteiger partial charge in [-0.05, 0) is 23.5 Å². The molecule has 1 unspecified atom stereocenters. The Kier molecular flexibility index (Phi) is 16.2. The second kappa shape index (κ2) is 18.1. The average molecular weight is 395 g/mol. The third-order valence-electron chi connectivity index (χ3n) is 4.98. The zero-order valence-corrected chi connectivity index (χ0v) is 18.4. The van der Waals surface area contributed by atoms with E-state index in [-0.39, 0.29) is 0 Å². The van der Waals surface area contributed by atoms with E-state index in [1.807, 2.05) is 0 Å². The van der Waals surface area contributed by atoms with Crippen LogP contribution < -0.4 is 0 Å². The van der Waals surface area contributed by atoms with Crippen LogP contribution in [0.1, 0.15) is 75.8 Å². The maximum Gasteiger partial charge on any atom is 0.0718 e. The fourth-order valence-electron chi connectivity index (χ4n) is 3.11. The first-order chi connectivity index (χ1) is 13.8. The molecule has 0 N–H and O–H groups in total. The zero-order valence-electron chi connectivity index (χ0n) is 18.4. The summed E-state index contributed by atoms with van der Waals surface area (Å²) in [7, 11) is 1.67. The summed E-state index contributed by atoms with van der Waals surface area (Å²) >= 11 is 0. The van der Waals surface area contributed by atoms with Crippen molar-refractivity contribution in [2.75, 3.05) is 46.8 Å². The van der Waals surface area contributed by atoms with Gasteiger partial charge in [0.15, 0.2) is 0 Å². The van der Waals surface area contributed by atoms with E-state index in [1.165, 1.54) is 56.1 Å². The molecule has 0 aliphatic heterocycles. The molecule has 1 atom stereocenters. The maximum atomic E-state index is 5.69. The minimum Gasteiger partial charge on any atom is -0.382 e. The molecule has 4 nitrogen and oxygen atoms in total. The summed E-state index contributed by atoms with van der Waals surface area (Å²) < 4.78 is 21.4. The summed E-state index contributed by atoms with van der Waals surface area (Å²) in [5.74, 6) is 0.639. The summed E-state index contributed by atoms with van der Waals surface area (Å²) in [4.78, 5) is 0. The van der Waals surface area contributed by atoms with Crippen LogP contribution in [0.25, 0.3) is 0 Å². The van der Waals surface area contributed by atoms with E-state index in [1.54, 1.807) is 7.11 Å². The quantitative estimate of drug-likeness (QED) is 0.281. The topological polar surface area (TPSA) is 36.9 Å². The van der Waals surface area contributed by atoms with Gasteiger partial charge >= 0.3 is 0 Å². The first-order valence-electron chi connectivity index (χ1n) is 11.1. The Morgan fingerprint density at radius 3 is 1.93 bits per heavy atom. The van der Waals surface area contributed by atoms with Crippen LogP contribution in [-0.2, 0) is 25.6 Å². The molecule has 0 saturated carbocycles. The molecule has 0 amide bonds. The van der Waals surface area contributed by atoms with E-state index >= 15 is 0 Å². The Bertz CT molecular complexity index is 446. The molecule has 0 aliphatic rings. The molecule has 1 rings (SSSR count). The molecular formula is C24H42O4. The number of benzene rings is 1. The number of unbranched alkanes of at least 4 members (excludes halogenated alkanes) is 5. The van der Waals surface area contributed by atoms with Gasteiger partial charge in [-0.1, -0.05) is 76.6 Å². The number of ether oxygens (including phenoxy) is 4. The van der Waals surface area contributed by atoms with Gasteiger partial charge in [-0.25, -0.2) is 0 Å². The highest BCUT2D eigenvalue weighted by Crippen LogP contribution is 2.22. The normalized spacial score (nSPS) is 12.4. The van der Waals surface area contributed by atoms with Crippen LogP contribution in [0.4, 0.5) is 0 Å². The summed E-state index contributed by atoms with van der Waals surface area (Å²) in [5.41, 5.74) is 2.66. The predicted molar refractivity (Wildman–Crippen MR) is 116 cm³/mol. The fraction of sp³-hybridized carbons (Fsp3) is 0.750. The summed E-state index contributed by atoms with van der Waals surface area (Å²) in [6.45, 7) is 8.89. The van der Waals surface area contributed by atoms with E-state index in [0.717, 1.165) is 0 Å². The molecule has 0 spiro atoms. The molecule has 0 radical (unpaired) electrons. The molecule has 1 aromatic rings. The Hall–Kier alpha value is -0.940. The third-order valence-corrected chi connectivity index (χ3v) is 4.98. The standard InChI is InChI=1S/C24H42O4/c1-4-5-6-7-8-9-10-22(2)24-13-11-23(12-14-24)21-28-20-19-27-18-17-26-16-15-25-3/h11-14,22H,4-10,15-21H2,1-3H3. The van der Waals surface area contributed by atoms with E-state index in [2.05, 4.69) is 38.1 Å². The maximum absolute atomic E-state index is 5.69. The molecule has 0 bridgehead atoms.